The first-order valence-electron chi connectivity index (χ1n) is 6.08. The molecule has 1 unspecified atom stereocenters. The molecule has 100 valence electrons. The Morgan fingerprint density at radius 2 is 2.06 bits per heavy atom. The maximum absolute atomic E-state index is 10.9. The van der Waals surface area contributed by atoms with Crippen LogP contribution in [0.1, 0.15) is 38.7 Å². The number of nitrogens with two attached hydrogens (primary N) is 1. The van der Waals surface area contributed by atoms with E-state index in [1.807, 2.05) is 24.3 Å². The number of carboxylic acids is 1. The third-order valence-corrected chi connectivity index (χ3v) is 2.91. The van der Waals surface area contributed by atoms with Crippen LogP contribution in [0.2, 0.25) is 0 Å². The normalized spacial score (nSPS) is 14.3. The first-order valence-corrected chi connectivity index (χ1v) is 6.08. The van der Waals surface area contributed by atoms with Crippen LogP contribution >= 0.6 is 0 Å². The Morgan fingerprint density at radius 3 is 2.61 bits per heavy atom. The summed E-state index contributed by atoms with van der Waals surface area (Å²) in [7, 11) is 0. The average Bonchev–Trinajstić information content (AvgIpc) is 2.29. The minimum absolute atomic E-state index is 0.273. The van der Waals surface area contributed by atoms with Gasteiger partial charge in [-0.3, -0.25) is 4.79 Å². The van der Waals surface area contributed by atoms with Gasteiger partial charge in [0, 0.05) is 6.42 Å². The summed E-state index contributed by atoms with van der Waals surface area (Å²) in [5.41, 5.74) is 5.52. The fourth-order valence-corrected chi connectivity index (χ4v) is 1.57. The molecule has 4 heteroatoms. The van der Waals surface area contributed by atoms with Gasteiger partial charge in [0.25, 0.3) is 0 Å². The van der Waals surface area contributed by atoms with Crippen molar-refractivity contribution in [1.82, 2.24) is 0 Å². The third kappa shape index (κ3) is 3.74. The molecule has 0 aliphatic heterocycles. The van der Waals surface area contributed by atoms with E-state index in [1.165, 1.54) is 6.92 Å². The Hall–Kier alpha value is -1.55. The molecule has 1 aromatic rings. The van der Waals surface area contributed by atoms with E-state index in [9.17, 15) is 4.79 Å². The average molecular weight is 251 g/mol. The molecule has 0 saturated carbocycles. The van der Waals surface area contributed by atoms with E-state index < -0.39 is 11.5 Å². The minimum Gasteiger partial charge on any atom is -0.493 e. The Morgan fingerprint density at radius 1 is 1.44 bits per heavy atom. The molecule has 0 bridgehead atoms. The van der Waals surface area contributed by atoms with Gasteiger partial charge in [0.2, 0.25) is 0 Å². The zero-order valence-corrected chi connectivity index (χ0v) is 11.1. The minimum atomic E-state index is -1.24. The van der Waals surface area contributed by atoms with Crippen LogP contribution in [0.3, 0.4) is 0 Å². The lowest BCUT2D eigenvalue weighted by Crippen LogP contribution is -2.45. The molecule has 1 aromatic carbocycles. The van der Waals surface area contributed by atoms with Gasteiger partial charge in [-0.1, -0.05) is 32.0 Å². The molecular formula is C14H21NO3. The summed E-state index contributed by atoms with van der Waals surface area (Å²) < 4.78 is 5.64. The van der Waals surface area contributed by atoms with Gasteiger partial charge in [0.05, 0.1) is 6.61 Å². The van der Waals surface area contributed by atoms with Crippen molar-refractivity contribution in [1.29, 1.82) is 0 Å². The summed E-state index contributed by atoms with van der Waals surface area (Å²) in [6.45, 7) is 5.97. The maximum Gasteiger partial charge on any atom is 0.323 e. The number of hydrogen-bond donors (Lipinski definition) is 2. The first kappa shape index (κ1) is 14.5. The standard InChI is InChI=1S/C14H21NO3/c1-10(2)11-6-4-5-7-12(11)18-9-8-14(3,15)13(16)17/h4-7,10H,8-9,15H2,1-3H3,(H,16,17). The van der Waals surface area contributed by atoms with Gasteiger partial charge in [-0.25, -0.2) is 0 Å². The van der Waals surface area contributed by atoms with E-state index in [0.29, 0.717) is 12.5 Å². The lowest BCUT2D eigenvalue weighted by Gasteiger charge is -2.20. The van der Waals surface area contributed by atoms with Gasteiger partial charge in [-0.15, -0.1) is 0 Å². The van der Waals surface area contributed by atoms with Crippen LogP contribution in [0.5, 0.6) is 5.75 Å². The maximum atomic E-state index is 10.9. The lowest BCUT2D eigenvalue weighted by molar-refractivity contribution is -0.143. The highest BCUT2D eigenvalue weighted by molar-refractivity contribution is 5.77. The molecule has 0 heterocycles. The second kappa shape index (κ2) is 5.87. The number of carbonyl (C=O) groups is 1. The van der Waals surface area contributed by atoms with Crippen molar-refractivity contribution in [2.45, 2.75) is 38.6 Å². The van der Waals surface area contributed by atoms with E-state index >= 15 is 0 Å². The second-order valence-corrected chi connectivity index (χ2v) is 5.01. The molecule has 0 aromatic heterocycles. The molecule has 1 atom stereocenters. The summed E-state index contributed by atoms with van der Waals surface area (Å²) in [6.07, 6.45) is 0.273. The highest BCUT2D eigenvalue weighted by Gasteiger charge is 2.27. The number of rotatable bonds is 6. The zero-order valence-electron chi connectivity index (χ0n) is 11.1. The Labute approximate surface area is 108 Å². The van der Waals surface area contributed by atoms with Crippen LogP contribution in [-0.4, -0.2) is 23.2 Å². The fraction of sp³-hybridized carbons (Fsp3) is 0.500. The zero-order chi connectivity index (χ0) is 13.8. The highest BCUT2D eigenvalue weighted by Crippen LogP contribution is 2.26. The van der Waals surface area contributed by atoms with Crippen molar-refractivity contribution in [2.75, 3.05) is 6.61 Å². The monoisotopic (exact) mass is 251 g/mol. The molecule has 0 fully saturated rings. The lowest BCUT2D eigenvalue weighted by atomic mass is 10.0. The molecule has 0 saturated heterocycles. The smallest absolute Gasteiger partial charge is 0.323 e. The molecular weight excluding hydrogens is 230 g/mol. The van der Waals surface area contributed by atoms with Crippen molar-refractivity contribution in [3.05, 3.63) is 29.8 Å². The van der Waals surface area contributed by atoms with Gasteiger partial charge in [-0.2, -0.15) is 0 Å². The number of hydrogen-bond acceptors (Lipinski definition) is 3. The summed E-state index contributed by atoms with van der Waals surface area (Å²) in [5, 5.41) is 8.90. The molecule has 0 amide bonds. The van der Waals surface area contributed by atoms with E-state index in [1.54, 1.807) is 0 Å². The van der Waals surface area contributed by atoms with Gasteiger partial charge in [0.1, 0.15) is 11.3 Å². The van der Waals surface area contributed by atoms with Crippen LogP contribution in [0.4, 0.5) is 0 Å². The highest BCUT2D eigenvalue weighted by atomic mass is 16.5. The second-order valence-electron chi connectivity index (χ2n) is 5.01. The summed E-state index contributed by atoms with van der Waals surface area (Å²) in [4.78, 5) is 10.9. The third-order valence-electron chi connectivity index (χ3n) is 2.91. The van der Waals surface area contributed by atoms with E-state index in [2.05, 4.69) is 13.8 Å². The van der Waals surface area contributed by atoms with Crippen molar-refractivity contribution < 1.29 is 14.6 Å². The summed E-state index contributed by atoms with van der Waals surface area (Å²) in [5.74, 6) is 0.155. The van der Waals surface area contributed by atoms with E-state index in [0.717, 1.165) is 11.3 Å². The van der Waals surface area contributed by atoms with Crippen LogP contribution in [0.15, 0.2) is 24.3 Å². The molecule has 0 aliphatic rings. The van der Waals surface area contributed by atoms with Crippen LogP contribution in [0, 0.1) is 0 Å². The summed E-state index contributed by atoms with van der Waals surface area (Å²) in [6, 6.07) is 7.77. The van der Waals surface area contributed by atoms with E-state index in [-0.39, 0.29) is 6.42 Å². The fourth-order valence-electron chi connectivity index (χ4n) is 1.57. The van der Waals surface area contributed by atoms with Gasteiger partial charge in [0.15, 0.2) is 0 Å². The largest absolute Gasteiger partial charge is 0.493 e. The molecule has 4 nitrogen and oxygen atoms in total. The van der Waals surface area contributed by atoms with E-state index in [4.69, 9.17) is 15.6 Å². The molecule has 1 rings (SSSR count). The van der Waals surface area contributed by atoms with Gasteiger partial charge in [-0.05, 0) is 24.5 Å². The van der Waals surface area contributed by atoms with Crippen molar-refractivity contribution in [3.8, 4) is 5.75 Å². The van der Waals surface area contributed by atoms with Crippen LogP contribution in [0.25, 0.3) is 0 Å². The predicted molar refractivity (Wildman–Crippen MR) is 70.9 cm³/mol. The van der Waals surface area contributed by atoms with Crippen LogP contribution < -0.4 is 10.5 Å². The number of carboxylic acid groups (broad SMARTS) is 1. The number of aliphatic carboxylic acids is 1. The molecule has 0 spiro atoms. The molecule has 18 heavy (non-hydrogen) atoms. The molecule has 0 radical (unpaired) electrons. The Kier molecular flexibility index (Phi) is 4.73. The number of para-hydroxylation sites is 1. The SMILES string of the molecule is CC(C)c1ccccc1OCCC(C)(N)C(=O)O. The quantitative estimate of drug-likeness (QED) is 0.814. The topological polar surface area (TPSA) is 72.5 Å². The van der Waals surface area contributed by atoms with Crippen LogP contribution in [-0.2, 0) is 4.79 Å². The Bertz CT molecular complexity index is 413. The van der Waals surface area contributed by atoms with Crippen molar-refractivity contribution in [3.63, 3.8) is 0 Å². The Balaban J connectivity index is 2.62. The summed E-state index contributed by atoms with van der Waals surface area (Å²) >= 11 is 0. The first-order chi connectivity index (χ1) is 8.34. The van der Waals surface area contributed by atoms with Gasteiger partial charge >= 0.3 is 5.97 Å². The number of benzene rings is 1. The predicted octanol–water partition coefficient (Wildman–Crippen LogP) is 2.38. The van der Waals surface area contributed by atoms with Crippen molar-refractivity contribution in [2.24, 2.45) is 5.73 Å². The van der Waals surface area contributed by atoms with Crippen molar-refractivity contribution >= 4 is 5.97 Å². The van der Waals surface area contributed by atoms with Gasteiger partial charge < -0.3 is 15.6 Å². The molecule has 0 aliphatic carbocycles. The number of ether oxygens (including phenoxy) is 1. The molecule has 3 N–H and O–H groups in total.